The quantitative estimate of drug-likeness (QED) is 0.729. The van der Waals surface area contributed by atoms with Gasteiger partial charge in [0.25, 0.3) is 0 Å². The molecule has 0 fully saturated rings. The van der Waals surface area contributed by atoms with E-state index >= 15 is 0 Å². The molecule has 0 aliphatic rings. The van der Waals surface area contributed by atoms with Crippen LogP contribution >= 0.6 is 0 Å². The highest BCUT2D eigenvalue weighted by molar-refractivity contribution is 6.06. The van der Waals surface area contributed by atoms with Crippen LogP contribution in [0.3, 0.4) is 0 Å². The third-order valence-electron chi connectivity index (χ3n) is 2.83. The van der Waals surface area contributed by atoms with Crippen LogP contribution in [0.15, 0.2) is 46.9 Å². The maximum absolute atomic E-state index is 10.8. The average molecular weight is 226 g/mol. The van der Waals surface area contributed by atoms with Crippen LogP contribution in [0.2, 0.25) is 0 Å². The summed E-state index contributed by atoms with van der Waals surface area (Å²) < 4.78 is 5.72. The lowest BCUT2D eigenvalue weighted by molar-refractivity contribution is -0.136. The first-order valence-electron chi connectivity index (χ1n) is 5.36. The van der Waals surface area contributed by atoms with E-state index in [0.717, 1.165) is 16.4 Å². The number of para-hydroxylation sites is 2. The number of rotatable bonds is 2. The minimum atomic E-state index is -0.849. The largest absolute Gasteiger partial charge is 0.481 e. The smallest absolute Gasteiger partial charge is 0.307 e. The van der Waals surface area contributed by atoms with Crippen molar-refractivity contribution in [3.8, 4) is 0 Å². The monoisotopic (exact) mass is 226 g/mol. The summed E-state index contributed by atoms with van der Waals surface area (Å²) in [5.74, 6) is -0.849. The number of benzene rings is 2. The van der Waals surface area contributed by atoms with E-state index in [-0.39, 0.29) is 6.42 Å². The van der Waals surface area contributed by atoms with Crippen LogP contribution in [-0.2, 0) is 11.2 Å². The molecule has 0 aliphatic heterocycles. The Balaban J connectivity index is 2.35. The molecule has 17 heavy (non-hydrogen) atoms. The van der Waals surface area contributed by atoms with Gasteiger partial charge in [-0.05, 0) is 6.07 Å². The first-order valence-corrected chi connectivity index (χ1v) is 5.36. The van der Waals surface area contributed by atoms with Crippen molar-refractivity contribution in [2.75, 3.05) is 0 Å². The fourth-order valence-corrected chi connectivity index (χ4v) is 2.11. The number of carbonyl (C=O) groups is 1. The van der Waals surface area contributed by atoms with E-state index in [1.807, 2.05) is 36.4 Å². The number of hydrogen-bond donors (Lipinski definition) is 1. The highest BCUT2D eigenvalue weighted by Crippen LogP contribution is 2.30. The van der Waals surface area contributed by atoms with Gasteiger partial charge in [-0.1, -0.05) is 36.4 Å². The lowest BCUT2D eigenvalue weighted by Gasteiger charge is -1.97. The second-order valence-corrected chi connectivity index (χ2v) is 3.96. The fourth-order valence-electron chi connectivity index (χ4n) is 2.11. The molecule has 1 aromatic heterocycles. The van der Waals surface area contributed by atoms with Crippen molar-refractivity contribution in [2.24, 2.45) is 0 Å². The Hall–Kier alpha value is -2.29. The molecule has 2 aromatic carbocycles. The highest BCUT2D eigenvalue weighted by Gasteiger charge is 2.11. The molecule has 0 spiro atoms. The molecule has 84 valence electrons. The molecule has 0 radical (unpaired) electrons. The van der Waals surface area contributed by atoms with Gasteiger partial charge in [0, 0.05) is 16.3 Å². The van der Waals surface area contributed by atoms with Crippen LogP contribution in [-0.4, -0.2) is 11.1 Å². The van der Waals surface area contributed by atoms with Gasteiger partial charge in [0.1, 0.15) is 11.2 Å². The minimum Gasteiger partial charge on any atom is -0.481 e. The van der Waals surface area contributed by atoms with Gasteiger partial charge in [0.15, 0.2) is 0 Å². The number of carboxylic acids is 1. The predicted molar refractivity (Wildman–Crippen MR) is 65.1 cm³/mol. The van der Waals surface area contributed by atoms with Crippen LogP contribution in [0.1, 0.15) is 5.56 Å². The first kappa shape index (κ1) is 9.90. The van der Waals surface area contributed by atoms with Gasteiger partial charge >= 0.3 is 5.97 Å². The Morgan fingerprint density at radius 1 is 1.06 bits per heavy atom. The Kier molecular flexibility index (Phi) is 2.11. The van der Waals surface area contributed by atoms with Crippen LogP contribution in [0.25, 0.3) is 21.9 Å². The van der Waals surface area contributed by atoms with Gasteiger partial charge in [-0.15, -0.1) is 0 Å². The van der Waals surface area contributed by atoms with Gasteiger partial charge < -0.3 is 9.52 Å². The van der Waals surface area contributed by atoms with Crippen molar-refractivity contribution in [1.29, 1.82) is 0 Å². The molecule has 0 aliphatic carbocycles. The van der Waals surface area contributed by atoms with Crippen molar-refractivity contribution in [3.05, 3.63) is 48.0 Å². The topological polar surface area (TPSA) is 50.4 Å². The van der Waals surface area contributed by atoms with Crippen LogP contribution in [0.4, 0.5) is 0 Å². The van der Waals surface area contributed by atoms with Gasteiger partial charge in [0.2, 0.25) is 0 Å². The van der Waals surface area contributed by atoms with E-state index in [1.165, 1.54) is 0 Å². The number of furan rings is 1. The molecular formula is C14H10O3. The van der Waals surface area contributed by atoms with E-state index in [4.69, 9.17) is 9.52 Å². The maximum atomic E-state index is 10.8. The summed E-state index contributed by atoms with van der Waals surface area (Å²) in [6, 6.07) is 13.3. The van der Waals surface area contributed by atoms with E-state index in [0.29, 0.717) is 11.1 Å². The summed E-state index contributed by atoms with van der Waals surface area (Å²) >= 11 is 0. The summed E-state index contributed by atoms with van der Waals surface area (Å²) in [6.07, 6.45) is -0.0167. The van der Waals surface area contributed by atoms with E-state index < -0.39 is 5.97 Å². The predicted octanol–water partition coefficient (Wildman–Crippen LogP) is 3.21. The second kappa shape index (κ2) is 3.63. The third-order valence-corrected chi connectivity index (χ3v) is 2.83. The number of carboxylic acid groups (broad SMARTS) is 1. The number of fused-ring (bicyclic) bond motifs is 3. The van der Waals surface area contributed by atoms with E-state index in [9.17, 15) is 4.79 Å². The van der Waals surface area contributed by atoms with E-state index in [1.54, 1.807) is 6.07 Å². The van der Waals surface area contributed by atoms with Crippen molar-refractivity contribution in [3.63, 3.8) is 0 Å². The maximum Gasteiger partial charge on any atom is 0.307 e. The van der Waals surface area contributed by atoms with Crippen molar-refractivity contribution < 1.29 is 14.3 Å². The molecule has 0 saturated carbocycles. The van der Waals surface area contributed by atoms with Crippen molar-refractivity contribution >= 4 is 27.9 Å². The lowest BCUT2D eigenvalue weighted by Crippen LogP contribution is -1.99. The standard InChI is InChI=1S/C14H10O3/c15-13(16)8-9-4-3-6-11-10-5-1-2-7-12(10)17-14(9)11/h1-7H,8H2,(H,15,16). The summed E-state index contributed by atoms with van der Waals surface area (Å²) in [5, 5.41) is 10.9. The third kappa shape index (κ3) is 1.56. The summed E-state index contributed by atoms with van der Waals surface area (Å²) in [6.45, 7) is 0. The SMILES string of the molecule is O=C(O)Cc1cccc2c1oc1ccccc12. The zero-order valence-corrected chi connectivity index (χ0v) is 9.01. The minimum absolute atomic E-state index is 0.0167. The van der Waals surface area contributed by atoms with Gasteiger partial charge in [0.05, 0.1) is 6.42 Å². The fraction of sp³-hybridized carbons (Fsp3) is 0.0714. The van der Waals surface area contributed by atoms with Crippen LogP contribution in [0, 0.1) is 0 Å². The second-order valence-electron chi connectivity index (χ2n) is 3.96. The molecule has 0 bridgehead atoms. The summed E-state index contributed by atoms with van der Waals surface area (Å²) in [7, 11) is 0. The zero-order valence-electron chi connectivity index (χ0n) is 9.01. The van der Waals surface area contributed by atoms with Crippen molar-refractivity contribution in [2.45, 2.75) is 6.42 Å². The molecule has 1 heterocycles. The molecule has 3 rings (SSSR count). The van der Waals surface area contributed by atoms with Gasteiger partial charge in [-0.2, -0.15) is 0 Å². The van der Waals surface area contributed by atoms with Crippen LogP contribution in [0.5, 0.6) is 0 Å². The Morgan fingerprint density at radius 2 is 1.82 bits per heavy atom. The molecule has 0 unspecified atom stereocenters. The summed E-state index contributed by atoms with van der Waals surface area (Å²) in [4.78, 5) is 10.8. The molecule has 3 nitrogen and oxygen atoms in total. The highest BCUT2D eigenvalue weighted by atomic mass is 16.4. The molecule has 0 amide bonds. The molecule has 0 atom stereocenters. The van der Waals surface area contributed by atoms with Crippen molar-refractivity contribution in [1.82, 2.24) is 0 Å². The number of aliphatic carboxylic acids is 1. The average Bonchev–Trinajstić information content (AvgIpc) is 2.68. The molecular weight excluding hydrogens is 216 g/mol. The Labute approximate surface area is 97.3 Å². The zero-order chi connectivity index (χ0) is 11.8. The number of hydrogen-bond acceptors (Lipinski definition) is 2. The van der Waals surface area contributed by atoms with Gasteiger partial charge in [-0.3, -0.25) is 4.79 Å². The molecule has 3 aromatic rings. The molecule has 1 N–H and O–H groups in total. The Bertz CT molecular complexity index is 710. The molecule has 3 heteroatoms. The Morgan fingerprint density at radius 3 is 2.65 bits per heavy atom. The first-order chi connectivity index (χ1) is 8.25. The lowest BCUT2D eigenvalue weighted by atomic mass is 10.1. The normalized spacial score (nSPS) is 11.1. The van der Waals surface area contributed by atoms with E-state index in [2.05, 4.69) is 0 Å². The molecule has 0 saturated heterocycles. The summed E-state index contributed by atoms with van der Waals surface area (Å²) in [5.41, 5.74) is 2.18. The van der Waals surface area contributed by atoms with Crippen LogP contribution < -0.4 is 0 Å². The van der Waals surface area contributed by atoms with Gasteiger partial charge in [-0.25, -0.2) is 0 Å².